The Kier molecular flexibility index (Phi) is 5.51. The van der Waals surface area contributed by atoms with Crippen LogP contribution >= 0.6 is 0 Å². The number of nitrogens with zero attached hydrogens (tertiary/aromatic N) is 2. The van der Waals surface area contributed by atoms with E-state index >= 15 is 0 Å². The standard InChI is InChI=1S/C16H21N3O2/c1-13(17-10-6-9-16(20)21-2)14-11-18-19(12-14)15-7-4-3-5-8-15/h3-5,7-8,11-13,17H,6,9-10H2,1-2H3. The summed E-state index contributed by atoms with van der Waals surface area (Å²) >= 11 is 0. The van der Waals surface area contributed by atoms with Crippen molar-refractivity contribution in [2.45, 2.75) is 25.8 Å². The van der Waals surface area contributed by atoms with Crippen LogP contribution < -0.4 is 5.32 Å². The van der Waals surface area contributed by atoms with Gasteiger partial charge in [0.05, 0.1) is 19.0 Å². The topological polar surface area (TPSA) is 56.1 Å². The lowest BCUT2D eigenvalue weighted by Gasteiger charge is -2.11. The number of rotatable bonds is 7. The summed E-state index contributed by atoms with van der Waals surface area (Å²) in [6.45, 7) is 2.86. The second kappa shape index (κ2) is 7.59. The highest BCUT2D eigenvalue weighted by Gasteiger charge is 2.08. The molecule has 21 heavy (non-hydrogen) atoms. The number of carbonyl (C=O) groups excluding carboxylic acids is 1. The van der Waals surface area contributed by atoms with Crippen LogP contribution in [0.5, 0.6) is 0 Å². The Labute approximate surface area is 124 Å². The molecule has 0 saturated heterocycles. The second-order valence-corrected chi connectivity index (χ2v) is 4.91. The zero-order valence-corrected chi connectivity index (χ0v) is 12.5. The molecule has 0 bridgehead atoms. The second-order valence-electron chi connectivity index (χ2n) is 4.91. The minimum absolute atomic E-state index is 0.165. The van der Waals surface area contributed by atoms with Crippen LogP contribution in [0.25, 0.3) is 5.69 Å². The van der Waals surface area contributed by atoms with Gasteiger partial charge in [0.25, 0.3) is 0 Å². The first-order chi connectivity index (χ1) is 10.2. The van der Waals surface area contributed by atoms with Gasteiger partial charge in [0.1, 0.15) is 0 Å². The van der Waals surface area contributed by atoms with E-state index in [1.807, 2.05) is 47.4 Å². The van der Waals surface area contributed by atoms with Crippen molar-refractivity contribution in [2.75, 3.05) is 13.7 Å². The van der Waals surface area contributed by atoms with Crippen molar-refractivity contribution >= 4 is 5.97 Å². The summed E-state index contributed by atoms with van der Waals surface area (Å²) in [6, 6.07) is 10.2. The predicted octanol–water partition coefficient (Wildman–Crippen LogP) is 2.48. The minimum Gasteiger partial charge on any atom is -0.469 e. The van der Waals surface area contributed by atoms with Gasteiger partial charge in [-0.25, -0.2) is 4.68 Å². The number of methoxy groups -OCH3 is 1. The average Bonchev–Trinajstić information content (AvgIpc) is 3.02. The number of hydrogen-bond donors (Lipinski definition) is 1. The summed E-state index contributed by atoms with van der Waals surface area (Å²) in [7, 11) is 1.41. The summed E-state index contributed by atoms with van der Waals surface area (Å²) in [6.07, 6.45) is 5.10. The van der Waals surface area contributed by atoms with Gasteiger partial charge in [-0.3, -0.25) is 4.79 Å². The Morgan fingerprint density at radius 3 is 2.86 bits per heavy atom. The number of nitrogens with one attached hydrogen (secondary N) is 1. The number of para-hydroxylation sites is 1. The van der Waals surface area contributed by atoms with Gasteiger partial charge in [-0.05, 0) is 32.0 Å². The van der Waals surface area contributed by atoms with Crippen molar-refractivity contribution in [1.82, 2.24) is 15.1 Å². The zero-order chi connectivity index (χ0) is 15.1. The number of carbonyl (C=O) groups is 1. The third-order valence-electron chi connectivity index (χ3n) is 3.36. The van der Waals surface area contributed by atoms with Crippen LogP contribution in [0.15, 0.2) is 42.7 Å². The van der Waals surface area contributed by atoms with Crippen LogP contribution in [-0.4, -0.2) is 29.4 Å². The number of aromatic nitrogens is 2. The van der Waals surface area contributed by atoms with Crippen LogP contribution in [0.4, 0.5) is 0 Å². The zero-order valence-electron chi connectivity index (χ0n) is 12.5. The third-order valence-corrected chi connectivity index (χ3v) is 3.36. The van der Waals surface area contributed by atoms with Gasteiger partial charge in [-0.1, -0.05) is 18.2 Å². The quantitative estimate of drug-likeness (QED) is 0.628. The first-order valence-electron chi connectivity index (χ1n) is 7.11. The van der Waals surface area contributed by atoms with Gasteiger partial charge < -0.3 is 10.1 Å². The Morgan fingerprint density at radius 2 is 2.14 bits per heavy atom. The van der Waals surface area contributed by atoms with Gasteiger partial charge in [0, 0.05) is 24.2 Å². The molecule has 0 aliphatic heterocycles. The molecule has 0 spiro atoms. The first kappa shape index (κ1) is 15.3. The van der Waals surface area contributed by atoms with Crippen LogP contribution in [0, 0.1) is 0 Å². The normalized spacial score (nSPS) is 12.1. The van der Waals surface area contributed by atoms with Crippen molar-refractivity contribution in [2.24, 2.45) is 0 Å². The molecule has 1 N–H and O–H groups in total. The molecule has 0 amide bonds. The summed E-state index contributed by atoms with van der Waals surface area (Å²) in [5.41, 5.74) is 2.17. The maximum Gasteiger partial charge on any atom is 0.305 e. The number of hydrogen-bond acceptors (Lipinski definition) is 4. The van der Waals surface area contributed by atoms with Crippen molar-refractivity contribution < 1.29 is 9.53 Å². The van der Waals surface area contributed by atoms with E-state index in [1.165, 1.54) is 7.11 Å². The SMILES string of the molecule is COC(=O)CCCNC(C)c1cnn(-c2ccccc2)c1. The van der Waals surface area contributed by atoms with E-state index in [0.717, 1.165) is 24.2 Å². The molecule has 1 heterocycles. The maximum absolute atomic E-state index is 11.0. The molecular weight excluding hydrogens is 266 g/mol. The van der Waals surface area contributed by atoms with Gasteiger partial charge in [-0.2, -0.15) is 5.10 Å². The molecule has 1 unspecified atom stereocenters. The first-order valence-corrected chi connectivity index (χ1v) is 7.11. The third kappa shape index (κ3) is 4.43. The largest absolute Gasteiger partial charge is 0.469 e. The Bertz CT molecular complexity index is 566. The molecule has 5 heteroatoms. The predicted molar refractivity (Wildman–Crippen MR) is 81.2 cm³/mol. The lowest BCUT2D eigenvalue weighted by molar-refractivity contribution is -0.140. The highest BCUT2D eigenvalue weighted by atomic mass is 16.5. The van der Waals surface area contributed by atoms with Crippen LogP contribution in [0.3, 0.4) is 0 Å². The van der Waals surface area contributed by atoms with Crippen LogP contribution in [-0.2, 0) is 9.53 Å². The summed E-state index contributed by atoms with van der Waals surface area (Å²) in [4.78, 5) is 11.0. The molecule has 0 saturated carbocycles. The van der Waals surface area contributed by atoms with E-state index in [2.05, 4.69) is 22.1 Å². The molecule has 0 aliphatic carbocycles. The fraction of sp³-hybridized carbons (Fsp3) is 0.375. The molecule has 5 nitrogen and oxygen atoms in total. The Morgan fingerprint density at radius 1 is 1.38 bits per heavy atom. The van der Waals surface area contributed by atoms with Crippen molar-refractivity contribution in [3.8, 4) is 5.69 Å². The molecule has 1 aromatic heterocycles. The van der Waals surface area contributed by atoms with Gasteiger partial charge in [0.2, 0.25) is 0 Å². The number of esters is 1. The van der Waals surface area contributed by atoms with Crippen molar-refractivity contribution in [3.05, 3.63) is 48.3 Å². The minimum atomic E-state index is -0.165. The molecule has 0 radical (unpaired) electrons. The summed E-state index contributed by atoms with van der Waals surface area (Å²) in [5.74, 6) is -0.165. The molecule has 2 rings (SSSR count). The number of benzene rings is 1. The van der Waals surface area contributed by atoms with E-state index < -0.39 is 0 Å². The maximum atomic E-state index is 11.0. The lowest BCUT2D eigenvalue weighted by atomic mass is 10.2. The van der Waals surface area contributed by atoms with Gasteiger partial charge >= 0.3 is 5.97 Å². The molecule has 0 aliphatic rings. The van der Waals surface area contributed by atoms with E-state index in [9.17, 15) is 4.79 Å². The van der Waals surface area contributed by atoms with Crippen molar-refractivity contribution in [1.29, 1.82) is 0 Å². The lowest BCUT2D eigenvalue weighted by Crippen LogP contribution is -2.20. The monoisotopic (exact) mass is 287 g/mol. The average molecular weight is 287 g/mol. The van der Waals surface area contributed by atoms with E-state index in [0.29, 0.717) is 6.42 Å². The fourth-order valence-corrected chi connectivity index (χ4v) is 2.05. The number of ether oxygens (including phenoxy) is 1. The fourth-order valence-electron chi connectivity index (χ4n) is 2.05. The van der Waals surface area contributed by atoms with E-state index in [-0.39, 0.29) is 12.0 Å². The summed E-state index contributed by atoms with van der Waals surface area (Å²) < 4.78 is 6.48. The Hall–Kier alpha value is -2.14. The van der Waals surface area contributed by atoms with Gasteiger partial charge in [0.15, 0.2) is 0 Å². The molecule has 0 fully saturated rings. The Balaban J connectivity index is 1.85. The van der Waals surface area contributed by atoms with Crippen LogP contribution in [0.2, 0.25) is 0 Å². The smallest absolute Gasteiger partial charge is 0.305 e. The van der Waals surface area contributed by atoms with Crippen LogP contribution in [0.1, 0.15) is 31.4 Å². The molecule has 1 aromatic carbocycles. The highest BCUT2D eigenvalue weighted by molar-refractivity contribution is 5.69. The summed E-state index contributed by atoms with van der Waals surface area (Å²) in [5, 5.41) is 7.76. The van der Waals surface area contributed by atoms with Gasteiger partial charge in [-0.15, -0.1) is 0 Å². The molecule has 1 atom stereocenters. The van der Waals surface area contributed by atoms with E-state index in [4.69, 9.17) is 0 Å². The van der Waals surface area contributed by atoms with E-state index in [1.54, 1.807) is 0 Å². The highest BCUT2D eigenvalue weighted by Crippen LogP contribution is 2.14. The molecule has 112 valence electrons. The molecular formula is C16H21N3O2. The van der Waals surface area contributed by atoms with Crippen molar-refractivity contribution in [3.63, 3.8) is 0 Å². The molecule has 2 aromatic rings.